The van der Waals surface area contributed by atoms with Crippen molar-refractivity contribution in [2.45, 2.75) is 56.0 Å². The van der Waals surface area contributed by atoms with E-state index in [9.17, 15) is 24.3 Å². The van der Waals surface area contributed by atoms with Crippen LogP contribution in [0.15, 0.2) is 25.3 Å². The molecule has 2 fully saturated rings. The number of nitrogens with zero attached hydrogens (tertiary/aromatic N) is 1. The van der Waals surface area contributed by atoms with E-state index in [0.717, 1.165) is 17.0 Å². The van der Waals surface area contributed by atoms with Crippen LogP contribution in [-0.4, -0.2) is 86.6 Å². The highest BCUT2D eigenvalue weighted by Crippen LogP contribution is 2.54. The number of hydrogen-bond donors (Lipinski definition) is 2. The fourth-order valence-corrected chi connectivity index (χ4v) is 7.22. The summed E-state index contributed by atoms with van der Waals surface area (Å²) in [4.78, 5) is 51.2. The molecule has 2 rings (SSSR count). The summed E-state index contributed by atoms with van der Waals surface area (Å²) in [6.07, 6.45) is 1.81. The number of ether oxygens (including phenoxy) is 2. The van der Waals surface area contributed by atoms with Gasteiger partial charge < -0.3 is 29.2 Å². The van der Waals surface area contributed by atoms with Gasteiger partial charge in [0.15, 0.2) is 20.1 Å². The first-order valence-electron chi connectivity index (χ1n) is 10.4. The van der Waals surface area contributed by atoms with Crippen LogP contribution in [-0.2, 0) is 28.3 Å². The SMILES string of the molecule is C=CCOC(=O)N[C@@H]1C(=O)N(C(C(=O)CO[Si]2(C(C)(C)C)CC2)C(=O)OCC=C)[C@@H]1CO. The number of amides is 2. The van der Waals surface area contributed by atoms with Gasteiger partial charge in [0.05, 0.1) is 19.3 Å². The molecule has 0 aromatic heterocycles. The maximum atomic E-state index is 13.0. The highest BCUT2D eigenvalue weighted by molar-refractivity contribution is 6.86. The number of likely N-dealkylation sites (tertiary alicyclic amines) is 1. The summed E-state index contributed by atoms with van der Waals surface area (Å²) in [6.45, 7) is 11.9. The third kappa shape index (κ3) is 5.45. The number of aliphatic hydroxyl groups excluding tert-OH is 1. The van der Waals surface area contributed by atoms with Gasteiger partial charge in [0.25, 0.3) is 0 Å². The van der Waals surface area contributed by atoms with Crippen molar-refractivity contribution < 1.29 is 38.2 Å². The van der Waals surface area contributed by atoms with Crippen LogP contribution in [0.5, 0.6) is 0 Å². The molecular weight excluding hydrogens is 436 g/mol. The number of rotatable bonds is 12. The van der Waals surface area contributed by atoms with Gasteiger partial charge in [-0.2, -0.15) is 0 Å². The fraction of sp³-hybridized carbons (Fsp3) is 0.619. The normalized spacial score (nSPS) is 22.2. The summed E-state index contributed by atoms with van der Waals surface area (Å²) in [6, 6.07) is -1.88. The highest BCUT2D eigenvalue weighted by Gasteiger charge is 2.58. The van der Waals surface area contributed by atoms with Crippen molar-refractivity contribution in [2.24, 2.45) is 0 Å². The number of alkyl carbamates (subject to hydrolysis) is 1. The Morgan fingerprint density at radius 2 is 1.81 bits per heavy atom. The van der Waals surface area contributed by atoms with Crippen molar-refractivity contribution in [3.05, 3.63) is 25.3 Å². The molecule has 0 radical (unpaired) electrons. The van der Waals surface area contributed by atoms with Gasteiger partial charge in [0, 0.05) is 0 Å². The average Bonchev–Trinajstić information content (AvgIpc) is 3.54. The third-order valence-electron chi connectivity index (χ3n) is 5.77. The third-order valence-corrected chi connectivity index (χ3v) is 10.6. The predicted molar refractivity (Wildman–Crippen MR) is 117 cm³/mol. The zero-order valence-corrected chi connectivity index (χ0v) is 19.8. The van der Waals surface area contributed by atoms with Gasteiger partial charge in [-0.3, -0.25) is 9.59 Å². The molecule has 0 aliphatic carbocycles. The van der Waals surface area contributed by atoms with Crippen LogP contribution in [0.25, 0.3) is 0 Å². The molecule has 1 unspecified atom stereocenters. The molecule has 2 saturated heterocycles. The van der Waals surface area contributed by atoms with Crippen molar-refractivity contribution in [1.29, 1.82) is 0 Å². The predicted octanol–water partition coefficient (Wildman–Crippen LogP) is 0.913. The Morgan fingerprint density at radius 1 is 1.22 bits per heavy atom. The van der Waals surface area contributed by atoms with Crippen molar-refractivity contribution in [3.8, 4) is 0 Å². The molecule has 2 heterocycles. The van der Waals surface area contributed by atoms with Gasteiger partial charge in [-0.15, -0.1) is 0 Å². The molecule has 0 spiro atoms. The lowest BCUT2D eigenvalue weighted by Crippen LogP contribution is -2.76. The number of Topliss-reactive ketones (excluding diaryl/α,β-unsaturated/α-hetero) is 1. The van der Waals surface area contributed by atoms with Crippen LogP contribution in [0.3, 0.4) is 0 Å². The Kier molecular flexibility index (Phi) is 8.38. The molecular formula is C21H32N2O8Si. The Hall–Kier alpha value is -2.50. The minimum absolute atomic E-state index is 0.0624. The maximum Gasteiger partial charge on any atom is 0.408 e. The molecule has 2 aliphatic heterocycles. The van der Waals surface area contributed by atoms with E-state index in [0.29, 0.717) is 0 Å². The molecule has 0 aromatic rings. The number of β-lactam (4-membered cyclic amide) rings is 1. The summed E-state index contributed by atoms with van der Waals surface area (Å²) < 4.78 is 15.9. The van der Waals surface area contributed by atoms with Crippen molar-refractivity contribution >= 4 is 32.1 Å². The Bertz CT molecular complexity index is 774. The highest BCUT2D eigenvalue weighted by atomic mass is 28.4. The lowest BCUT2D eigenvalue weighted by molar-refractivity contribution is -0.173. The van der Waals surface area contributed by atoms with Crippen molar-refractivity contribution in [3.63, 3.8) is 0 Å². The van der Waals surface area contributed by atoms with Crippen LogP contribution < -0.4 is 5.32 Å². The second-order valence-corrected chi connectivity index (χ2v) is 13.6. The number of nitrogens with one attached hydrogen (secondary N) is 1. The lowest BCUT2D eigenvalue weighted by Gasteiger charge is -2.48. The lowest BCUT2D eigenvalue weighted by atomic mass is 9.91. The Morgan fingerprint density at radius 3 is 2.31 bits per heavy atom. The van der Waals surface area contributed by atoms with Crippen LogP contribution in [0, 0.1) is 0 Å². The second kappa shape index (κ2) is 10.4. The summed E-state index contributed by atoms with van der Waals surface area (Å²) in [5.41, 5.74) is 0. The number of aliphatic hydroxyl groups is 1. The van der Waals surface area contributed by atoms with Crippen molar-refractivity contribution in [2.75, 3.05) is 26.4 Å². The zero-order chi connectivity index (χ0) is 24.1. The smallest absolute Gasteiger partial charge is 0.408 e. The van der Waals surface area contributed by atoms with Crippen LogP contribution in [0.2, 0.25) is 17.1 Å². The molecule has 3 atom stereocenters. The van der Waals surface area contributed by atoms with Crippen molar-refractivity contribution in [1.82, 2.24) is 10.2 Å². The molecule has 2 amide bonds. The topological polar surface area (TPSA) is 131 Å². The number of esters is 1. The van der Waals surface area contributed by atoms with Gasteiger partial charge in [0.2, 0.25) is 5.91 Å². The average molecular weight is 469 g/mol. The molecule has 11 heteroatoms. The van der Waals surface area contributed by atoms with E-state index in [1.54, 1.807) is 0 Å². The van der Waals surface area contributed by atoms with Crippen LogP contribution >= 0.6 is 0 Å². The largest absolute Gasteiger partial charge is 0.460 e. The van der Waals surface area contributed by atoms with E-state index < -0.39 is 56.8 Å². The molecule has 0 bridgehead atoms. The van der Waals surface area contributed by atoms with E-state index in [1.165, 1.54) is 12.2 Å². The first-order chi connectivity index (χ1) is 15.0. The van der Waals surface area contributed by atoms with Gasteiger partial charge >= 0.3 is 12.1 Å². The molecule has 178 valence electrons. The summed E-state index contributed by atoms with van der Waals surface area (Å²) in [7, 11) is -2.06. The summed E-state index contributed by atoms with van der Waals surface area (Å²) >= 11 is 0. The zero-order valence-electron chi connectivity index (χ0n) is 18.8. The van der Waals surface area contributed by atoms with Crippen LogP contribution in [0.4, 0.5) is 4.79 Å². The second-order valence-electron chi connectivity index (χ2n) is 8.83. The number of ketones is 1. The molecule has 2 aliphatic rings. The molecule has 32 heavy (non-hydrogen) atoms. The van der Waals surface area contributed by atoms with Gasteiger partial charge in [-0.25, -0.2) is 9.59 Å². The monoisotopic (exact) mass is 468 g/mol. The quantitative estimate of drug-likeness (QED) is 0.142. The number of carbonyl (C=O) groups is 4. The first kappa shape index (κ1) is 25.8. The van der Waals surface area contributed by atoms with Gasteiger partial charge in [-0.1, -0.05) is 46.1 Å². The standard InChI is InChI=1S/C21H32N2O8Si/c1-6-8-29-19(27)17(15(25)13-31-32(10-11-32)21(3,4)5)23-14(12-24)16(18(23)26)22-20(28)30-9-7-2/h6-7,14,16-17,24H,1-2,8-13H2,3-5H3,(H,22,28)/t14-,16+,17?/m1/s1. The minimum Gasteiger partial charge on any atom is -0.460 e. The molecule has 0 saturated carbocycles. The van der Waals surface area contributed by atoms with E-state index in [2.05, 4.69) is 39.2 Å². The Labute approximate surface area is 188 Å². The van der Waals surface area contributed by atoms with Gasteiger partial charge in [0.1, 0.15) is 19.3 Å². The summed E-state index contributed by atoms with van der Waals surface area (Å²) in [5, 5.41) is 12.1. The fourth-order valence-electron chi connectivity index (χ4n) is 3.67. The number of hydrogen-bond acceptors (Lipinski definition) is 8. The van der Waals surface area contributed by atoms with E-state index in [1.807, 2.05) is 0 Å². The van der Waals surface area contributed by atoms with E-state index in [4.69, 9.17) is 13.9 Å². The van der Waals surface area contributed by atoms with E-state index in [-0.39, 0.29) is 24.9 Å². The molecule has 0 aromatic carbocycles. The van der Waals surface area contributed by atoms with Gasteiger partial charge in [-0.05, 0) is 17.1 Å². The first-order valence-corrected chi connectivity index (χ1v) is 12.8. The molecule has 2 N–H and O–H groups in total. The van der Waals surface area contributed by atoms with E-state index >= 15 is 0 Å². The van der Waals surface area contributed by atoms with Crippen LogP contribution in [0.1, 0.15) is 20.8 Å². The Balaban J connectivity index is 2.15. The summed E-state index contributed by atoms with van der Waals surface area (Å²) in [5.74, 6) is -2.29. The number of carbonyl (C=O) groups excluding carboxylic acids is 4. The maximum absolute atomic E-state index is 13.0. The minimum atomic E-state index is -2.06. The molecule has 10 nitrogen and oxygen atoms in total.